The number of phenolic OH excluding ortho intramolecular Hbond substituents is 1. The fraction of sp³-hybridized carbons (Fsp3) is 0.357. The highest BCUT2D eigenvalue weighted by molar-refractivity contribution is 6.30. The van der Waals surface area contributed by atoms with Gasteiger partial charge in [0.25, 0.3) is 5.91 Å². The molecule has 1 saturated heterocycles. The summed E-state index contributed by atoms with van der Waals surface area (Å²) in [6.07, 6.45) is 1.54. The number of hydrogen-bond acceptors (Lipinski definition) is 8. The summed E-state index contributed by atoms with van der Waals surface area (Å²) in [6, 6.07) is 16.0. The second-order valence-corrected chi connectivity index (χ2v) is 9.94. The summed E-state index contributed by atoms with van der Waals surface area (Å²) in [5.41, 5.74) is 1.40. The molecule has 0 aliphatic carbocycles. The number of halogens is 1. The molecule has 0 unspecified atom stereocenters. The van der Waals surface area contributed by atoms with Crippen molar-refractivity contribution >= 4 is 23.2 Å². The molecule has 0 saturated carbocycles. The van der Waals surface area contributed by atoms with Crippen LogP contribution in [0.4, 0.5) is 5.69 Å². The first kappa shape index (κ1) is 27.7. The van der Waals surface area contributed by atoms with E-state index in [1.165, 1.54) is 6.20 Å². The summed E-state index contributed by atoms with van der Waals surface area (Å²) in [7, 11) is 1.55. The van der Waals surface area contributed by atoms with Crippen LogP contribution in [0.5, 0.6) is 11.5 Å². The zero-order valence-electron chi connectivity index (χ0n) is 21.5. The van der Waals surface area contributed by atoms with E-state index in [0.29, 0.717) is 48.2 Å². The second kappa shape index (κ2) is 12.0. The van der Waals surface area contributed by atoms with Crippen LogP contribution in [0.1, 0.15) is 34.6 Å². The molecular weight excluding hydrogens is 508 g/mol. The van der Waals surface area contributed by atoms with Crippen LogP contribution in [0.15, 0.2) is 60.8 Å². The van der Waals surface area contributed by atoms with Crippen molar-refractivity contribution in [1.29, 1.82) is 0 Å². The van der Waals surface area contributed by atoms with Gasteiger partial charge in [-0.1, -0.05) is 29.8 Å². The Balaban J connectivity index is 1.56. The average Bonchev–Trinajstić information content (AvgIpc) is 2.92. The number of piperazine rings is 1. The number of benzene rings is 2. The van der Waals surface area contributed by atoms with Crippen molar-refractivity contribution in [3.8, 4) is 11.5 Å². The van der Waals surface area contributed by atoms with Gasteiger partial charge in [-0.25, -0.2) is 0 Å². The molecule has 202 valence electrons. The number of rotatable bonds is 9. The molecule has 4 rings (SSSR count). The zero-order valence-corrected chi connectivity index (χ0v) is 22.2. The predicted molar refractivity (Wildman–Crippen MR) is 146 cm³/mol. The van der Waals surface area contributed by atoms with Crippen LogP contribution in [0.25, 0.3) is 0 Å². The summed E-state index contributed by atoms with van der Waals surface area (Å²) in [6.45, 7) is 3.96. The van der Waals surface area contributed by atoms with Crippen molar-refractivity contribution in [2.24, 2.45) is 0 Å². The third-order valence-corrected chi connectivity index (χ3v) is 6.96. The Morgan fingerprint density at radius 1 is 1.18 bits per heavy atom. The van der Waals surface area contributed by atoms with Crippen LogP contribution in [0.3, 0.4) is 0 Å². The Hall–Kier alpha value is -3.37. The molecule has 0 radical (unpaired) electrons. The number of phenols is 1. The minimum absolute atomic E-state index is 0.0853. The number of aliphatic hydroxyl groups excluding tert-OH is 1. The van der Waals surface area contributed by atoms with Gasteiger partial charge in [-0.2, -0.15) is 0 Å². The minimum atomic E-state index is -1.20. The number of nitrogens with zero attached hydrogens (tertiary/aromatic N) is 3. The summed E-state index contributed by atoms with van der Waals surface area (Å²) in [5, 5.41) is 34.4. The highest BCUT2D eigenvalue weighted by atomic mass is 35.5. The van der Waals surface area contributed by atoms with E-state index in [9.17, 15) is 15.0 Å². The van der Waals surface area contributed by atoms with Crippen molar-refractivity contribution in [2.45, 2.75) is 18.6 Å². The van der Waals surface area contributed by atoms with Gasteiger partial charge in [-0.3, -0.25) is 14.7 Å². The summed E-state index contributed by atoms with van der Waals surface area (Å²) < 4.78 is 5.44. The number of pyridine rings is 1. The average molecular weight is 541 g/mol. The second-order valence-electron chi connectivity index (χ2n) is 9.50. The van der Waals surface area contributed by atoms with Crippen LogP contribution >= 0.6 is 11.6 Å². The van der Waals surface area contributed by atoms with E-state index in [0.717, 1.165) is 5.56 Å². The molecule has 3 aromatic rings. The van der Waals surface area contributed by atoms with Gasteiger partial charge < -0.3 is 30.3 Å². The fourth-order valence-corrected chi connectivity index (χ4v) is 4.87. The van der Waals surface area contributed by atoms with Gasteiger partial charge in [-0.05, 0) is 42.8 Å². The Morgan fingerprint density at radius 3 is 2.58 bits per heavy atom. The van der Waals surface area contributed by atoms with E-state index in [2.05, 4.69) is 20.1 Å². The van der Waals surface area contributed by atoms with Gasteiger partial charge in [-0.15, -0.1) is 0 Å². The molecule has 4 N–H and O–H groups in total. The van der Waals surface area contributed by atoms with E-state index >= 15 is 0 Å². The molecule has 1 amide bonds. The largest absolute Gasteiger partial charge is 0.506 e. The zero-order chi connectivity index (χ0) is 27.3. The Morgan fingerprint density at radius 2 is 1.95 bits per heavy atom. The fourth-order valence-electron chi connectivity index (χ4n) is 4.74. The topological polar surface area (TPSA) is 118 Å². The van der Waals surface area contributed by atoms with Crippen molar-refractivity contribution < 1.29 is 24.9 Å². The van der Waals surface area contributed by atoms with E-state index in [-0.39, 0.29) is 36.6 Å². The first-order chi connectivity index (χ1) is 18.2. The Kier molecular flexibility index (Phi) is 8.73. The first-order valence-corrected chi connectivity index (χ1v) is 12.8. The smallest absolute Gasteiger partial charge is 0.269 e. The maximum absolute atomic E-state index is 11.8. The lowest BCUT2D eigenvalue weighted by atomic mass is 9.94. The molecule has 1 aromatic heterocycles. The highest BCUT2D eigenvalue weighted by Crippen LogP contribution is 2.39. The van der Waals surface area contributed by atoms with Gasteiger partial charge in [0.1, 0.15) is 29.4 Å². The van der Waals surface area contributed by atoms with Gasteiger partial charge in [0, 0.05) is 56.1 Å². The van der Waals surface area contributed by atoms with Crippen LogP contribution in [0.2, 0.25) is 5.02 Å². The number of nitrogens with one attached hydrogen (secondary N) is 1. The van der Waals surface area contributed by atoms with Gasteiger partial charge in [0.05, 0.1) is 18.3 Å². The Bertz CT molecular complexity index is 1240. The van der Waals surface area contributed by atoms with Crippen LogP contribution < -0.4 is 15.0 Å². The standard InChI is InChI=1S/C28H33ClN4O5/c1-28(37,20-5-9-23(31-16-20)27(36)30-2)18-32-11-12-33(25(17-32)19-3-6-21(29)7-4-19)24-10-8-22(15-26(24)35)38-14-13-34/h3-10,15-16,25,34-35,37H,11-14,17-18H2,1-2H3,(H,30,36)/t25-,28+/m0/s1. The van der Waals surface area contributed by atoms with E-state index in [1.807, 2.05) is 30.3 Å². The first-order valence-electron chi connectivity index (χ1n) is 12.4. The molecule has 1 aliphatic heterocycles. The minimum Gasteiger partial charge on any atom is -0.506 e. The number of carbonyl (C=O) groups is 1. The number of anilines is 1. The van der Waals surface area contributed by atoms with E-state index in [1.54, 1.807) is 38.2 Å². The van der Waals surface area contributed by atoms with Crippen LogP contribution in [-0.4, -0.2) is 77.6 Å². The van der Waals surface area contributed by atoms with Crippen LogP contribution in [0, 0.1) is 0 Å². The molecule has 9 nitrogen and oxygen atoms in total. The van der Waals surface area contributed by atoms with Crippen LogP contribution in [-0.2, 0) is 5.60 Å². The molecule has 0 spiro atoms. The number of hydrogen-bond donors (Lipinski definition) is 4. The maximum atomic E-state index is 11.8. The number of amides is 1. The lowest BCUT2D eigenvalue weighted by Crippen LogP contribution is -2.52. The maximum Gasteiger partial charge on any atom is 0.269 e. The number of aliphatic hydroxyl groups is 2. The van der Waals surface area contributed by atoms with Crippen molar-refractivity contribution in [2.75, 3.05) is 51.3 Å². The molecule has 1 aliphatic rings. The van der Waals surface area contributed by atoms with E-state index in [4.69, 9.17) is 21.4 Å². The lowest BCUT2D eigenvalue weighted by molar-refractivity contribution is 0.00994. The summed E-state index contributed by atoms with van der Waals surface area (Å²) in [5.74, 6) is 0.283. The van der Waals surface area contributed by atoms with Gasteiger partial charge >= 0.3 is 0 Å². The molecule has 10 heteroatoms. The Labute approximate surface area is 227 Å². The summed E-state index contributed by atoms with van der Waals surface area (Å²) >= 11 is 6.15. The van der Waals surface area contributed by atoms with Crippen molar-refractivity contribution in [3.63, 3.8) is 0 Å². The monoisotopic (exact) mass is 540 g/mol. The normalized spacial score (nSPS) is 17.6. The molecule has 38 heavy (non-hydrogen) atoms. The summed E-state index contributed by atoms with van der Waals surface area (Å²) in [4.78, 5) is 20.3. The number of aromatic nitrogens is 1. The van der Waals surface area contributed by atoms with Gasteiger partial charge in [0.2, 0.25) is 0 Å². The van der Waals surface area contributed by atoms with E-state index < -0.39 is 5.60 Å². The molecule has 0 bridgehead atoms. The molecule has 1 fully saturated rings. The van der Waals surface area contributed by atoms with Gasteiger partial charge in [0.15, 0.2) is 0 Å². The molecule has 2 atom stereocenters. The number of carbonyl (C=O) groups excluding carboxylic acids is 1. The number of β-amino-alcohol motifs (C(OH)–C–C–N with tert-alkyl or cyclic N) is 1. The quantitative estimate of drug-likeness (QED) is 0.327. The molecular formula is C28H33ClN4O5. The predicted octanol–water partition coefficient (Wildman–Crippen LogP) is 2.94. The SMILES string of the molecule is CNC(=O)c1ccc([C@](C)(O)CN2CCN(c3ccc(OCCO)cc3O)[C@H](c3ccc(Cl)cc3)C2)cn1. The van der Waals surface area contributed by atoms with Crippen molar-refractivity contribution in [1.82, 2.24) is 15.2 Å². The molecule has 2 heterocycles. The molecule has 2 aromatic carbocycles. The third kappa shape index (κ3) is 6.36. The van der Waals surface area contributed by atoms with Crippen molar-refractivity contribution in [3.05, 3.63) is 82.6 Å². The third-order valence-electron chi connectivity index (χ3n) is 6.71. The lowest BCUT2D eigenvalue weighted by Gasteiger charge is -2.45. The highest BCUT2D eigenvalue weighted by Gasteiger charge is 2.34. The number of ether oxygens (including phenoxy) is 1. The number of aromatic hydroxyl groups is 1.